The lowest BCUT2D eigenvalue weighted by molar-refractivity contribution is 0.381. The Kier molecular flexibility index (Phi) is 2.72. The van der Waals surface area contributed by atoms with Gasteiger partial charge in [-0.05, 0) is 25.5 Å². The molecule has 3 rings (SSSR count). The second-order valence-electron chi connectivity index (χ2n) is 5.47. The van der Waals surface area contributed by atoms with Gasteiger partial charge in [-0.1, -0.05) is 6.07 Å². The third-order valence-electron chi connectivity index (χ3n) is 3.92. The zero-order valence-electron chi connectivity index (χ0n) is 11.5. The number of fused-ring (bicyclic) bond motifs is 1. The van der Waals surface area contributed by atoms with Crippen molar-refractivity contribution in [3.8, 4) is 5.75 Å². The first-order valence-electron chi connectivity index (χ1n) is 6.38. The van der Waals surface area contributed by atoms with Gasteiger partial charge in [0.1, 0.15) is 11.3 Å². The average Bonchev–Trinajstić information content (AvgIpc) is 2.85. The van der Waals surface area contributed by atoms with Crippen LogP contribution >= 0.6 is 0 Å². The van der Waals surface area contributed by atoms with E-state index in [4.69, 9.17) is 10.5 Å². The number of anilines is 1. The number of rotatable bonds is 2. The third kappa shape index (κ3) is 1.84. The van der Waals surface area contributed by atoms with Gasteiger partial charge in [-0.2, -0.15) is 0 Å². The fourth-order valence-electron chi connectivity index (χ4n) is 2.99. The minimum absolute atomic E-state index is 0.0901. The van der Waals surface area contributed by atoms with Crippen LogP contribution in [-0.2, 0) is 15.4 Å². The molecule has 20 heavy (non-hydrogen) atoms. The van der Waals surface area contributed by atoms with Crippen LogP contribution in [0.2, 0.25) is 0 Å². The van der Waals surface area contributed by atoms with Crippen LogP contribution in [0.15, 0.2) is 18.2 Å². The number of para-hydroxylation sites is 1. The van der Waals surface area contributed by atoms with E-state index in [9.17, 15) is 8.42 Å². The molecule has 0 bridgehead atoms. The van der Waals surface area contributed by atoms with Gasteiger partial charge in [0.05, 0.1) is 29.7 Å². The highest BCUT2D eigenvalue weighted by atomic mass is 32.2. The van der Waals surface area contributed by atoms with Crippen LogP contribution in [0.5, 0.6) is 5.75 Å². The quantitative estimate of drug-likeness (QED) is 0.898. The second kappa shape index (κ2) is 4.12. The number of methoxy groups -OCH3 is 1. The highest BCUT2D eigenvalue weighted by Crippen LogP contribution is 2.37. The number of aromatic nitrogens is 2. The summed E-state index contributed by atoms with van der Waals surface area (Å²) in [5, 5.41) is 0. The minimum atomic E-state index is -3.02. The molecule has 1 fully saturated rings. The van der Waals surface area contributed by atoms with Crippen molar-refractivity contribution in [3.63, 3.8) is 0 Å². The lowest BCUT2D eigenvalue weighted by atomic mass is 10.0. The Bertz CT molecular complexity index is 782. The van der Waals surface area contributed by atoms with Crippen LogP contribution in [0.25, 0.3) is 11.0 Å². The summed E-state index contributed by atoms with van der Waals surface area (Å²) in [4.78, 5) is 4.34. The normalized spacial score (nSPS) is 25.1. The molecule has 0 spiro atoms. The SMILES string of the molecule is COc1cccc2c1nc(N)n2C1(C)CCS(=O)(=O)C1. The van der Waals surface area contributed by atoms with Crippen molar-refractivity contribution in [2.45, 2.75) is 18.9 Å². The van der Waals surface area contributed by atoms with Gasteiger partial charge in [-0.15, -0.1) is 0 Å². The highest BCUT2D eigenvalue weighted by molar-refractivity contribution is 7.91. The smallest absolute Gasteiger partial charge is 0.201 e. The number of ether oxygens (including phenoxy) is 1. The summed E-state index contributed by atoms with van der Waals surface area (Å²) in [6.45, 7) is 1.91. The first-order chi connectivity index (χ1) is 9.36. The fourth-order valence-corrected chi connectivity index (χ4v) is 5.11. The molecular formula is C13H17N3O3S. The molecule has 1 unspecified atom stereocenters. The second-order valence-corrected chi connectivity index (χ2v) is 7.66. The lowest BCUT2D eigenvalue weighted by Crippen LogP contribution is -2.32. The van der Waals surface area contributed by atoms with E-state index < -0.39 is 15.4 Å². The number of nitrogen functional groups attached to an aromatic ring is 1. The molecule has 0 amide bonds. The summed E-state index contributed by atoms with van der Waals surface area (Å²) in [5.74, 6) is 1.24. The predicted molar refractivity (Wildman–Crippen MR) is 77.6 cm³/mol. The molecule has 0 saturated carbocycles. The monoisotopic (exact) mass is 295 g/mol. The van der Waals surface area contributed by atoms with Crippen LogP contribution in [0, 0.1) is 0 Å². The van der Waals surface area contributed by atoms with E-state index in [1.165, 1.54) is 0 Å². The van der Waals surface area contributed by atoms with Gasteiger partial charge in [0.15, 0.2) is 9.84 Å². The van der Waals surface area contributed by atoms with Crippen molar-refractivity contribution in [1.29, 1.82) is 0 Å². The Morgan fingerprint density at radius 3 is 2.80 bits per heavy atom. The number of sulfone groups is 1. The van der Waals surface area contributed by atoms with Crippen molar-refractivity contribution < 1.29 is 13.2 Å². The molecule has 1 aliphatic heterocycles. The average molecular weight is 295 g/mol. The van der Waals surface area contributed by atoms with Crippen LogP contribution < -0.4 is 10.5 Å². The summed E-state index contributed by atoms with van der Waals surface area (Å²) < 4.78 is 30.7. The van der Waals surface area contributed by atoms with Crippen molar-refractivity contribution >= 4 is 26.8 Å². The highest BCUT2D eigenvalue weighted by Gasteiger charge is 2.41. The molecule has 2 N–H and O–H groups in total. The Labute approximate surface area is 117 Å². The van der Waals surface area contributed by atoms with Crippen molar-refractivity contribution in [2.24, 2.45) is 0 Å². The van der Waals surface area contributed by atoms with E-state index in [0.717, 1.165) is 5.52 Å². The van der Waals surface area contributed by atoms with E-state index in [2.05, 4.69) is 4.98 Å². The molecular weight excluding hydrogens is 278 g/mol. The number of hydrogen-bond acceptors (Lipinski definition) is 5. The minimum Gasteiger partial charge on any atom is -0.494 e. The number of benzene rings is 1. The number of nitrogens with two attached hydrogens (primary N) is 1. The van der Waals surface area contributed by atoms with Gasteiger partial charge < -0.3 is 15.0 Å². The lowest BCUT2D eigenvalue weighted by Gasteiger charge is -2.26. The summed E-state index contributed by atoms with van der Waals surface area (Å²) in [6, 6.07) is 5.55. The predicted octanol–water partition coefficient (Wildman–Crippen LogP) is 1.16. The third-order valence-corrected chi connectivity index (χ3v) is 5.80. The molecule has 0 radical (unpaired) electrons. The van der Waals surface area contributed by atoms with Crippen molar-refractivity contribution in [3.05, 3.63) is 18.2 Å². The van der Waals surface area contributed by atoms with Gasteiger partial charge in [0.2, 0.25) is 5.95 Å². The van der Waals surface area contributed by atoms with Crippen molar-refractivity contribution in [1.82, 2.24) is 9.55 Å². The zero-order chi connectivity index (χ0) is 14.5. The summed E-state index contributed by atoms with van der Waals surface area (Å²) in [6.07, 6.45) is 0.544. The number of imidazole rings is 1. The van der Waals surface area contributed by atoms with E-state index >= 15 is 0 Å². The topological polar surface area (TPSA) is 87.2 Å². The maximum atomic E-state index is 11.8. The van der Waals surface area contributed by atoms with Gasteiger partial charge in [-0.25, -0.2) is 13.4 Å². The molecule has 7 heteroatoms. The molecule has 1 saturated heterocycles. The van der Waals surface area contributed by atoms with Gasteiger partial charge in [-0.3, -0.25) is 0 Å². The van der Waals surface area contributed by atoms with Crippen LogP contribution in [0.1, 0.15) is 13.3 Å². The van der Waals surface area contributed by atoms with E-state index in [1.807, 2.05) is 29.7 Å². The molecule has 1 atom stereocenters. The molecule has 108 valence electrons. The van der Waals surface area contributed by atoms with Crippen molar-refractivity contribution in [2.75, 3.05) is 24.3 Å². The van der Waals surface area contributed by atoms with Gasteiger partial charge in [0, 0.05) is 0 Å². The Morgan fingerprint density at radius 1 is 1.45 bits per heavy atom. The van der Waals surface area contributed by atoms with Crippen LogP contribution in [-0.4, -0.2) is 36.6 Å². The molecule has 1 aromatic carbocycles. The first-order valence-corrected chi connectivity index (χ1v) is 8.20. The van der Waals surface area contributed by atoms with E-state index in [-0.39, 0.29) is 11.5 Å². The fraction of sp³-hybridized carbons (Fsp3) is 0.462. The van der Waals surface area contributed by atoms with Crippen LogP contribution in [0.4, 0.5) is 5.95 Å². The maximum Gasteiger partial charge on any atom is 0.201 e. The molecule has 1 aliphatic rings. The summed E-state index contributed by atoms with van der Waals surface area (Å²) in [7, 11) is -1.44. The Balaban J connectivity index is 2.25. The first kappa shape index (κ1) is 13.2. The van der Waals surface area contributed by atoms with Crippen LogP contribution in [0.3, 0.4) is 0 Å². The Hall–Kier alpha value is -1.76. The summed E-state index contributed by atoms with van der Waals surface area (Å²) in [5.41, 5.74) is 6.95. The molecule has 2 heterocycles. The maximum absolute atomic E-state index is 11.8. The Morgan fingerprint density at radius 2 is 2.20 bits per heavy atom. The number of nitrogens with zero attached hydrogens (tertiary/aromatic N) is 2. The zero-order valence-corrected chi connectivity index (χ0v) is 12.3. The van der Waals surface area contributed by atoms with Gasteiger partial charge >= 0.3 is 0 Å². The standard InChI is InChI=1S/C13H17N3O3S/c1-13(6-7-20(17,18)8-13)16-9-4-3-5-10(19-2)11(9)15-12(16)14/h3-5H,6-8H2,1-2H3,(H2,14,15). The molecule has 6 nitrogen and oxygen atoms in total. The van der Waals surface area contributed by atoms with Gasteiger partial charge in [0.25, 0.3) is 0 Å². The number of hydrogen-bond donors (Lipinski definition) is 1. The molecule has 1 aromatic heterocycles. The largest absolute Gasteiger partial charge is 0.494 e. The molecule has 2 aromatic rings. The van der Waals surface area contributed by atoms with E-state index in [1.54, 1.807) is 7.11 Å². The van der Waals surface area contributed by atoms with E-state index in [0.29, 0.717) is 23.6 Å². The molecule has 0 aliphatic carbocycles. The summed E-state index contributed by atoms with van der Waals surface area (Å²) >= 11 is 0.